The predicted octanol–water partition coefficient (Wildman–Crippen LogP) is 4.37. The molecular formula is C24H20BrN5O2. The summed E-state index contributed by atoms with van der Waals surface area (Å²) < 4.78 is 2.57. The number of benzene rings is 2. The average molecular weight is 490 g/mol. The van der Waals surface area contributed by atoms with Gasteiger partial charge in [-0.1, -0.05) is 34.1 Å². The van der Waals surface area contributed by atoms with Gasteiger partial charge in [0.2, 0.25) is 5.91 Å². The molecule has 0 bridgehead atoms. The molecule has 2 N–H and O–H groups in total. The number of nitrogens with zero attached hydrogens (tertiary/aromatic N) is 3. The Morgan fingerprint density at radius 3 is 2.59 bits per heavy atom. The van der Waals surface area contributed by atoms with Crippen LogP contribution < -0.4 is 10.6 Å². The number of rotatable bonds is 6. The summed E-state index contributed by atoms with van der Waals surface area (Å²) >= 11 is 3.40. The molecule has 0 saturated heterocycles. The maximum absolute atomic E-state index is 13.0. The normalized spacial score (nSPS) is 10.6. The zero-order chi connectivity index (χ0) is 22.5. The highest BCUT2D eigenvalue weighted by Gasteiger charge is 2.19. The van der Waals surface area contributed by atoms with Crippen molar-refractivity contribution in [3.8, 4) is 16.9 Å². The smallest absolute Gasteiger partial charge is 0.255 e. The van der Waals surface area contributed by atoms with Crippen LogP contribution in [0.3, 0.4) is 0 Å². The van der Waals surface area contributed by atoms with Gasteiger partial charge in [-0.25, -0.2) is 4.68 Å². The van der Waals surface area contributed by atoms with Crippen LogP contribution in [0.4, 0.5) is 5.69 Å². The lowest BCUT2D eigenvalue weighted by Crippen LogP contribution is -2.33. The summed E-state index contributed by atoms with van der Waals surface area (Å²) in [5.74, 6) is -0.712. The summed E-state index contributed by atoms with van der Waals surface area (Å²) in [7, 11) is 0. The van der Waals surface area contributed by atoms with Crippen LogP contribution in [-0.2, 0) is 4.79 Å². The van der Waals surface area contributed by atoms with Crippen molar-refractivity contribution < 1.29 is 9.59 Å². The number of aromatic nitrogens is 3. The molecule has 0 aliphatic carbocycles. The van der Waals surface area contributed by atoms with E-state index in [4.69, 9.17) is 0 Å². The van der Waals surface area contributed by atoms with Crippen LogP contribution in [0.5, 0.6) is 0 Å². The molecule has 2 heterocycles. The lowest BCUT2D eigenvalue weighted by molar-refractivity contribution is -0.115. The first-order valence-corrected chi connectivity index (χ1v) is 10.7. The Morgan fingerprint density at radius 2 is 1.88 bits per heavy atom. The Labute approximate surface area is 193 Å². The molecule has 0 aliphatic heterocycles. The quantitative estimate of drug-likeness (QED) is 0.420. The number of para-hydroxylation sites is 1. The molecule has 0 aliphatic rings. The molecule has 2 aromatic carbocycles. The number of hydrogen-bond acceptors (Lipinski definition) is 4. The molecule has 2 amide bonds. The fraction of sp³-hybridized carbons (Fsp3) is 0.0833. The lowest BCUT2D eigenvalue weighted by atomic mass is 10.1. The monoisotopic (exact) mass is 489 g/mol. The molecule has 32 heavy (non-hydrogen) atoms. The maximum atomic E-state index is 13.0. The second kappa shape index (κ2) is 9.57. The molecular weight excluding hydrogens is 470 g/mol. The van der Waals surface area contributed by atoms with E-state index in [2.05, 4.69) is 36.6 Å². The van der Waals surface area contributed by atoms with Gasteiger partial charge < -0.3 is 10.6 Å². The Morgan fingerprint density at radius 1 is 1.06 bits per heavy atom. The lowest BCUT2D eigenvalue weighted by Gasteiger charge is -2.09. The highest BCUT2D eigenvalue weighted by Crippen LogP contribution is 2.23. The molecule has 0 spiro atoms. The number of halogens is 1. The minimum absolute atomic E-state index is 0.169. The number of nitrogens with one attached hydrogen (secondary N) is 2. The van der Waals surface area contributed by atoms with Crippen molar-refractivity contribution in [2.45, 2.75) is 6.92 Å². The molecule has 4 rings (SSSR count). The summed E-state index contributed by atoms with van der Waals surface area (Å²) in [4.78, 5) is 29.5. The topological polar surface area (TPSA) is 88.9 Å². The van der Waals surface area contributed by atoms with Crippen LogP contribution in [0, 0.1) is 6.92 Å². The zero-order valence-electron chi connectivity index (χ0n) is 17.2. The fourth-order valence-electron chi connectivity index (χ4n) is 3.19. The van der Waals surface area contributed by atoms with Gasteiger partial charge in [-0.15, -0.1) is 0 Å². The Balaban J connectivity index is 1.53. The molecule has 8 heteroatoms. The molecule has 2 aromatic heterocycles. The van der Waals surface area contributed by atoms with Crippen molar-refractivity contribution in [1.82, 2.24) is 20.1 Å². The van der Waals surface area contributed by atoms with E-state index in [1.165, 1.54) is 0 Å². The highest BCUT2D eigenvalue weighted by atomic mass is 79.9. The molecule has 0 saturated carbocycles. The number of pyridine rings is 1. The van der Waals surface area contributed by atoms with Gasteiger partial charge in [-0.3, -0.25) is 14.6 Å². The van der Waals surface area contributed by atoms with Crippen molar-refractivity contribution in [3.05, 3.63) is 94.9 Å². The highest BCUT2D eigenvalue weighted by molar-refractivity contribution is 9.10. The number of hydrogen-bond donors (Lipinski definition) is 2. The van der Waals surface area contributed by atoms with E-state index in [1.54, 1.807) is 29.3 Å². The van der Waals surface area contributed by atoms with Crippen LogP contribution >= 0.6 is 15.9 Å². The first-order chi connectivity index (χ1) is 15.5. The number of anilines is 1. The minimum Gasteiger partial charge on any atom is -0.343 e. The van der Waals surface area contributed by atoms with Gasteiger partial charge in [0.15, 0.2) is 0 Å². The van der Waals surface area contributed by atoms with E-state index in [-0.39, 0.29) is 12.5 Å². The second-order valence-corrected chi connectivity index (χ2v) is 8.02. The molecule has 160 valence electrons. The third-order valence-corrected chi connectivity index (χ3v) is 5.28. The van der Waals surface area contributed by atoms with Crippen molar-refractivity contribution in [2.75, 3.05) is 11.9 Å². The maximum Gasteiger partial charge on any atom is 0.255 e. The Hall–Kier alpha value is -3.78. The van der Waals surface area contributed by atoms with Crippen molar-refractivity contribution >= 4 is 33.4 Å². The summed E-state index contributed by atoms with van der Waals surface area (Å²) in [5.41, 5.74) is 3.99. The first kappa shape index (κ1) is 21.5. The van der Waals surface area contributed by atoms with Gasteiger partial charge in [0, 0.05) is 34.3 Å². The summed E-state index contributed by atoms with van der Waals surface area (Å²) in [6.45, 7) is 1.73. The standard InChI is InChI=1S/C24H20BrN5O2/c1-16-12-18(25)9-10-21(16)28-22(31)14-27-24(32)20-15-30(19-7-3-2-4-8-19)29-23(20)17-6-5-11-26-13-17/h2-13,15H,14H2,1H3,(H,27,32)(H,28,31). The van der Waals surface area contributed by atoms with E-state index < -0.39 is 5.91 Å². The molecule has 4 aromatic rings. The summed E-state index contributed by atoms with van der Waals surface area (Å²) in [6.07, 6.45) is 4.97. The predicted molar refractivity (Wildman–Crippen MR) is 127 cm³/mol. The summed E-state index contributed by atoms with van der Waals surface area (Å²) in [5, 5.41) is 10.1. The van der Waals surface area contributed by atoms with Crippen LogP contribution in [-0.4, -0.2) is 33.1 Å². The van der Waals surface area contributed by atoms with Gasteiger partial charge in [0.25, 0.3) is 5.91 Å². The van der Waals surface area contributed by atoms with Crippen LogP contribution in [0.15, 0.2) is 83.7 Å². The Kier molecular flexibility index (Phi) is 6.42. The SMILES string of the molecule is Cc1cc(Br)ccc1NC(=O)CNC(=O)c1cn(-c2ccccc2)nc1-c1cccnc1. The first-order valence-electron chi connectivity index (χ1n) is 9.91. The van der Waals surface area contributed by atoms with Crippen LogP contribution in [0.2, 0.25) is 0 Å². The molecule has 7 nitrogen and oxygen atoms in total. The minimum atomic E-state index is -0.395. The molecule has 0 radical (unpaired) electrons. The third kappa shape index (κ3) is 4.92. The van der Waals surface area contributed by atoms with E-state index >= 15 is 0 Å². The molecule has 0 fully saturated rings. The van der Waals surface area contributed by atoms with Crippen molar-refractivity contribution in [1.29, 1.82) is 0 Å². The van der Waals surface area contributed by atoms with E-state index in [1.807, 2.05) is 61.5 Å². The Bertz CT molecular complexity index is 1260. The number of amides is 2. The van der Waals surface area contributed by atoms with Gasteiger partial charge in [-0.2, -0.15) is 5.10 Å². The van der Waals surface area contributed by atoms with E-state index in [0.717, 1.165) is 15.7 Å². The average Bonchev–Trinajstić information content (AvgIpc) is 3.26. The largest absolute Gasteiger partial charge is 0.343 e. The van der Waals surface area contributed by atoms with Gasteiger partial charge >= 0.3 is 0 Å². The van der Waals surface area contributed by atoms with Crippen LogP contribution in [0.25, 0.3) is 16.9 Å². The number of carbonyl (C=O) groups is 2. The van der Waals surface area contributed by atoms with E-state index in [0.29, 0.717) is 22.5 Å². The molecule has 0 atom stereocenters. The summed E-state index contributed by atoms with van der Waals surface area (Å²) in [6, 6.07) is 18.7. The van der Waals surface area contributed by atoms with Crippen molar-refractivity contribution in [3.63, 3.8) is 0 Å². The third-order valence-electron chi connectivity index (χ3n) is 4.79. The number of aryl methyl sites for hydroxylation is 1. The second-order valence-electron chi connectivity index (χ2n) is 7.10. The number of carbonyl (C=O) groups excluding carboxylic acids is 2. The van der Waals surface area contributed by atoms with Gasteiger partial charge in [0.05, 0.1) is 17.8 Å². The fourth-order valence-corrected chi connectivity index (χ4v) is 3.66. The molecule has 0 unspecified atom stereocenters. The van der Waals surface area contributed by atoms with Gasteiger partial charge in [-0.05, 0) is 55.0 Å². The van der Waals surface area contributed by atoms with Gasteiger partial charge in [0.1, 0.15) is 5.69 Å². The van der Waals surface area contributed by atoms with Crippen LogP contribution in [0.1, 0.15) is 15.9 Å². The van der Waals surface area contributed by atoms with E-state index in [9.17, 15) is 9.59 Å². The van der Waals surface area contributed by atoms with Crippen molar-refractivity contribution in [2.24, 2.45) is 0 Å². The zero-order valence-corrected chi connectivity index (χ0v) is 18.8.